The summed E-state index contributed by atoms with van der Waals surface area (Å²) in [4.78, 5) is 17.0. The summed E-state index contributed by atoms with van der Waals surface area (Å²) in [5, 5.41) is 6.58. The van der Waals surface area contributed by atoms with Crippen LogP contribution in [0.25, 0.3) is 27.8 Å². The van der Waals surface area contributed by atoms with E-state index in [4.69, 9.17) is 5.73 Å². The van der Waals surface area contributed by atoms with Crippen molar-refractivity contribution in [1.29, 1.82) is 0 Å². The molecule has 4 aromatic rings. The fourth-order valence-corrected chi connectivity index (χ4v) is 2.74. The van der Waals surface area contributed by atoms with Crippen molar-refractivity contribution < 1.29 is 8.78 Å². The number of pyridine rings is 2. The minimum atomic E-state index is -0.865. The third-order valence-electron chi connectivity index (χ3n) is 3.87. The first-order chi connectivity index (χ1) is 12.1. The molecule has 1 aromatic carbocycles. The number of nitrogen functional groups attached to an aromatic ring is 1. The number of aromatic amines is 1. The number of halogens is 2. The van der Waals surface area contributed by atoms with E-state index >= 15 is 0 Å². The van der Waals surface area contributed by atoms with Crippen LogP contribution in [-0.4, -0.2) is 19.7 Å². The lowest BCUT2D eigenvalue weighted by molar-refractivity contribution is 0.567. The quantitative estimate of drug-likeness (QED) is 0.587. The Labute approximate surface area is 139 Å². The van der Waals surface area contributed by atoms with E-state index in [9.17, 15) is 13.6 Å². The summed E-state index contributed by atoms with van der Waals surface area (Å²) < 4.78 is 29.3. The number of fused-ring (bicyclic) bond motifs is 1. The van der Waals surface area contributed by atoms with Crippen LogP contribution in [0.4, 0.5) is 14.6 Å². The Balaban J connectivity index is 2.15. The number of nitrogens with two attached hydrogens (primary N) is 1. The average molecular weight is 339 g/mol. The number of aromatic nitrogens is 4. The molecule has 4 rings (SSSR count). The first kappa shape index (κ1) is 15.0. The van der Waals surface area contributed by atoms with Gasteiger partial charge >= 0.3 is 0 Å². The van der Waals surface area contributed by atoms with E-state index in [1.807, 2.05) is 0 Å². The fourth-order valence-electron chi connectivity index (χ4n) is 2.74. The molecule has 0 unspecified atom stereocenters. The van der Waals surface area contributed by atoms with Crippen LogP contribution in [-0.2, 0) is 0 Å². The van der Waals surface area contributed by atoms with Crippen LogP contribution in [0, 0.1) is 11.6 Å². The van der Waals surface area contributed by atoms with Crippen LogP contribution in [0.3, 0.4) is 0 Å². The second kappa shape index (κ2) is 5.52. The highest BCUT2D eigenvalue weighted by atomic mass is 19.1. The van der Waals surface area contributed by atoms with Crippen molar-refractivity contribution in [2.45, 2.75) is 0 Å². The SMILES string of the molecule is Nc1n[nH]c2c(-c3ccccn3)cn(-c3c(F)cccc3F)c(=O)c12. The Kier molecular flexibility index (Phi) is 3.31. The van der Waals surface area contributed by atoms with Crippen molar-refractivity contribution in [2.75, 3.05) is 5.73 Å². The molecule has 0 bridgehead atoms. The number of H-pyrrole nitrogens is 1. The van der Waals surface area contributed by atoms with E-state index in [0.29, 0.717) is 16.8 Å². The van der Waals surface area contributed by atoms with E-state index in [0.717, 1.165) is 16.7 Å². The number of nitrogens with one attached hydrogen (secondary N) is 1. The van der Waals surface area contributed by atoms with Crippen molar-refractivity contribution >= 4 is 16.7 Å². The number of nitrogens with zero attached hydrogens (tertiary/aromatic N) is 3. The van der Waals surface area contributed by atoms with E-state index < -0.39 is 22.9 Å². The van der Waals surface area contributed by atoms with Gasteiger partial charge in [0.1, 0.15) is 22.7 Å². The van der Waals surface area contributed by atoms with Gasteiger partial charge in [0, 0.05) is 18.0 Å². The third kappa shape index (κ3) is 2.26. The number of benzene rings is 1. The van der Waals surface area contributed by atoms with Crippen molar-refractivity contribution in [1.82, 2.24) is 19.7 Å². The molecule has 0 fully saturated rings. The number of para-hydroxylation sites is 1. The highest BCUT2D eigenvalue weighted by Crippen LogP contribution is 2.28. The second-order valence-electron chi connectivity index (χ2n) is 5.36. The number of anilines is 1. The van der Waals surface area contributed by atoms with Crippen LogP contribution in [0.2, 0.25) is 0 Å². The monoisotopic (exact) mass is 339 g/mol. The molecule has 0 spiro atoms. The van der Waals surface area contributed by atoms with E-state index in [1.165, 1.54) is 12.3 Å². The molecule has 124 valence electrons. The molecule has 0 amide bonds. The van der Waals surface area contributed by atoms with Crippen LogP contribution in [0.5, 0.6) is 0 Å². The van der Waals surface area contributed by atoms with E-state index in [2.05, 4.69) is 15.2 Å². The molecular weight excluding hydrogens is 328 g/mol. The van der Waals surface area contributed by atoms with Crippen molar-refractivity contribution in [2.24, 2.45) is 0 Å². The Hall–Kier alpha value is -3.55. The molecule has 3 aromatic heterocycles. The van der Waals surface area contributed by atoms with Crippen LogP contribution in [0.1, 0.15) is 0 Å². The summed E-state index contributed by atoms with van der Waals surface area (Å²) in [6.07, 6.45) is 2.89. The maximum atomic E-state index is 14.2. The molecule has 25 heavy (non-hydrogen) atoms. The van der Waals surface area contributed by atoms with Crippen LogP contribution < -0.4 is 11.3 Å². The van der Waals surface area contributed by atoms with E-state index in [-0.39, 0.29) is 11.2 Å². The molecule has 0 radical (unpaired) electrons. The van der Waals surface area contributed by atoms with Gasteiger partial charge in [-0.25, -0.2) is 8.78 Å². The van der Waals surface area contributed by atoms with E-state index in [1.54, 1.807) is 24.4 Å². The van der Waals surface area contributed by atoms with Gasteiger partial charge in [-0.3, -0.25) is 19.4 Å². The number of rotatable bonds is 2. The molecule has 0 aliphatic rings. The molecule has 0 saturated heterocycles. The molecule has 6 nitrogen and oxygen atoms in total. The predicted molar refractivity (Wildman–Crippen MR) is 89.3 cm³/mol. The summed E-state index contributed by atoms with van der Waals surface area (Å²) in [5.41, 5.74) is 5.93. The number of hydrogen-bond acceptors (Lipinski definition) is 4. The summed E-state index contributed by atoms with van der Waals surface area (Å²) >= 11 is 0. The van der Waals surface area contributed by atoms with Gasteiger partial charge in [-0.1, -0.05) is 12.1 Å². The summed E-state index contributed by atoms with van der Waals surface area (Å²) in [6.45, 7) is 0. The minimum absolute atomic E-state index is 0.0470. The average Bonchev–Trinajstić information content (AvgIpc) is 3.00. The lowest BCUT2D eigenvalue weighted by Gasteiger charge is -2.11. The van der Waals surface area contributed by atoms with Gasteiger partial charge in [-0.2, -0.15) is 5.10 Å². The zero-order valence-corrected chi connectivity index (χ0v) is 12.7. The third-order valence-corrected chi connectivity index (χ3v) is 3.87. The molecule has 3 heterocycles. The van der Waals surface area contributed by atoms with Crippen molar-refractivity contribution in [3.63, 3.8) is 0 Å². The fraction of sp³-hybridized carbons (Fsp3) is 0. The normalized spacial score (nSPS) is 11.1. The largest absolute Gasteiger partial charge is 0.382 e. The maximum absolute atomic E-state index is 14.2. The Morgan fingerprint density at radius 1 is 1.08 bits per heavy atom. The topological polar surface area (TPSA) is 89.6 Å². The lowest BCUT2D eigenvalue weighted by atomic mass is 10.1. The Morgan fingerprint density at radius 2 is 1.84 bits per heavy atom. The zero-order valence-electron chi connectivity index (χ0n) is 12.7. The van der Waals surface area contributed by atoms with Gasteiger partial charge in [0.15, 0.2) is 5.82 Å². The lowest BCUT2D eigenvalue weighted by Crippen LogP contribution is -2.21. The summed E-state index contributed by atoms with van der Waals surface area (Å²) in [5.74, 6) is -1.78. The first-order valence-corrected chi connectivity index (χ1v) is 7.33. The smallest absolute Gasteiger partial charge is 0.268 e. The van der Waals surface area contributed by atoms with Gasteiger partial charge in [0.05, 0.1) is 11.2 Å². The van der Waals surface area contributed by atoms with Crippen LogP contribution in [0.15, 0.2) is 53.6 Å². The molecule has 0 aliphatic carbocycles. The van der Waals surface area contributed by atoms with Gasteiger partial charge in [-0.15, -0.1) is 0 Å². The highest BCUT2D eigenvalue weighted by Gasteiger charge is 2.20. The summed E-state index contributed by atoms with van der Waals surface area (Å²) in [6, 6.07) is 8.58. The minimum Gasteiger partial charge on any atom is -0.382 e. The molecule has 0 saturated carbocycles. The standard InChI is InChI=1S/C17H11F2N5O/c18-10-4-3-5-11(19)15(10)24-8-9(12-6-1-2-7-21-12)14-13(17(24)25)16(20)23-22-14/h1-8H,(H3,20,22,23). The van der Waals surface area contributed by atoms with Gasteiger partial charge in [0.25, 0.3) is 5.56 Å². The van der Waals surface area contributed by atoms with Gasteiger partial charge < -0.3 is 5.73 Å². The summed E-state index contributed by atoms with van der Waals surface area (Å²) in [7, 11) is 0. The maximum Gasteiger partial charge on any atom is 0.268 e. The molecular formula is C17H11F2N5O. The first-order valence-electron chi connectivity index (χ1n) is 7.33. The Bertz CT molecular complexity index is 1130. The zero-order chi connectivity index (χ0) is 17.6. The molecule has 0 aliphatic heterocycles. The predicted octanol–water partition coefficient (Wildman–Crippen LogP) is 2.64. The molecule has 8 heteroatoms. The van der Waals surface area contributed by atoms with Gasteiger partial charge in [-0.05, 0) is 24.3 Å². The van der Waals surface area contributed by atoms with Crippen molar-refractivity contribution in [3.05, 3.63) is 70.8 Å². The molecule has 0 atom stereocenters. The van der Waals surface area contributed by atoms with Crippen LogP contribution >= 0.6 is 0 Å². The highest BCUT2D eigenvalue weighted by molar-refractivity contribution is 5.97. The second-order valence-corrected chi connectivity index (χ2v) is 5.36. The number of hydrogen-bond donors (Lipinski definition) is 2. The van der Waals surface area contributed by atoms with Gasteiger partial charge in [0.2, 0.25) is 0 Å². The molecule has 3 N–H and O–H groups in total. The Morgan fingerprint density at radius 3 is 2.52 bits per heavy atom. The van der Waals surface area contributed by atoms with Crippen molar-refractivity contribution in [3.8, 4) is 16.9 Å².